The summed E-state index contributed by atoms with van der Waals surface area (Å²) in [5.74, 6) is -0.688. The quantitative estimate of drug-likeness (QED) is 0.496. The lowest BCUT2D eigenvalue weighted by Crippen LogP contribution is -2.57. The second-order valence-electron chi connectivity index (χ2n) is 5.22. The van der Waals surface area contributed by atoms with E-state index >= 15 is 0 Å². The maximum Gasteiger partial charge on any atom is 0.252 e. The summed E-state index contributed by atoms with van der Waals surface area (Å²) in [6.45, 7) is 1.72. The summed E-state index contributed by atoms with van der Waals surface area (Å²) in [6.07, 6.45) is 0.152. The van der Waals surface area contributed by atoms with E-state index in [1.54, 1.807) is 6.92 Å². The van der Waals surface area contributed by atoms with Gasteiger partial charge < -0.3 is 20.6 Å². The number of carbonyl (C=O) groups excluding carboxylic acids is 1. The molecule has 92 valence electrons. The molecule has 0 radical (unpaired) electrons. The second kappa shape index (κ2) is 3.98. The first kappa shape index (κ1) is 11.8. The Kier molecular flexibility index (Phi) is 2.94. The van der Waals surface area contributed by atoms with Crippen molar-refractivity contribution in [1.82, 2.24) is 5.32 Å². The van der Waals surface area contributed by atoms with Crippen molar-refractivity contribution < 1.29 is 20.1 Å². The molecule has 0 bridgehead atoms. The van der Waals surface area contributed by atoms with Crippen molar-refractivity contribution in [1.29, 1.82) is 0 Å². The van der Waals surface area contributed by atoms with Gasteiger partial charge in [0, 0.05) is 12.5 Å². The number of carbonyl (C=O) groups is 1. The number of hydrogen-bond donors (Lipinski definition) is 4. The summed E-state index contributed by atoms with van der Waals surface area (Å²) in [6, 6.07) is 0.191. The van der Waals surface area contributed by atoms with E-state index in [1.807, 2.05) is 0 Å². The molecule has 4 N–H and O–H groups in total. The molecule has 4 atom stereocenters. The summed E-state index contributed by atoms with van der Waals surface area (Å²) >= 11 is 0. The molecule has 1 amide bonds. The Labute approximate surface area is 94.5 Å². The van der Waals surface area contributed by atoms with Crippen molar-refractivity contribution in [2.45, 2.75) is 56.5 Å². The third-order valence-electron chi connectivity index (χ3n) is 3.52. The maximum absolute atomic E-state index is 11.8. The van der Waals surface area contributed by atoms with Crippen LogP contribution in [0, 0.1) is 5.92 Å². The van der Waals surface area contributed by atoms with E-state index in [4.69, 9.17) is 0 Å². The van der Waals surface area contributed by atoms with Gasteiger partial charge in [-0.05, 0) is 25.2 Å². The Hall–Kier alpha value is -0.650. The minimum atomic E-state index is -1.53. The highest BCUT2D eigenvalue weighted by atomic mass is 16.3. The molecule has 0 aromatic carbocycles. The molecule has 5 nitrogen and oxygen atoms in total. The van der Waals surface area contributed by atoms with Crippen LogP contribution in [0.25, 0.3) is 0 Å². The minimum Gasteiger partial charge on any atom is -0.390 e. The largest absolute Gasteiger partial charge is 0.390 e. The van der Waals surface area contributed by atoms with Crippen molar-refractivity contribution in [3.8, 4) is 0 Å². The first-order valence-electron chi connectivity index (χ1n) is 5.82. The zero-order chi connectivity index (χ0) is 11.9. The van der Waals surface area contributed by atoms with E-state index in [9.17, 15) is 20.1 Å². The average molecular weight is 229 g/mol. The predicted octanol–water partition coefficient (Wildman–Crippen LogP) is -0.852. The fraction of sp³-hybridized carbons (Fsp3) is 0.909. The normalized spacial score (nSPS) is 44.1. The molecule has 0 aliphatic heterocycles. The molecule has 0 aromatic rings. The summed E-state index contributed by atoms with van der Waals surface area (Å²) < 4.78 is 0. The predicted molar refractivity (Wildman–Crippen MR) is 56.5 cm³/mol. The van der Waals surface area contributed by atoms with Gasteiger partial charge in [-0.3, -0.25) is 4.79 Å². The second-order valence-corrected chi connectivity index (χ2v) is 5.22. The van der Waals surface area contributed by atoms with Crippen LogP contribution in [0.4, 0.5) is 0 Å². The number of amides is 1. The van der Waals surface area contributed by atoms with E-state index in [-0.39, 0.29) is 24.8 Å². The summed E-state index contributed by atoms with van der Waals surface area (Å²) in [5.41, 5.74) is -1.53. The Morgan fingerprint density at radius 2 is 1.94 bits per heavy atom. The lowest BCUT2D eigenvalue weighted by atomic mass is 9.75. The number of aliphatic hydroxyl groups is 3. The highest BCUT2D eigenvalue weighted by molar-refractivity contribution is 5.85. The molecule has 5 heteroatoms. The highest BCUT2D eigenvalue weighted by Crippen LogP contribution is 2.34. The van der Waals surface area contributed by atoms with Crippen LogP contribution in [0.2, 0.25) is 0 Å². The van der Waals surface area contributed by atoms with Gasteiger partial charge in [-0.25, -0.2) is 0 Å². The first-order chi connectivity index (χ1) is 7.42. The molecule has 2 fully saturated rings. The third kappa shape index (κ3) is 2.21. The molecule has 16 heavy (non-hydrogen) atoms. The lowest BCUT2D eigenvalue weighted by molar-refractivity contribution is -0.161. The SMILES string of the molecule is CC1CC(O)(C(=O)NC2CC2)C[C@@H](O)[C@@H]1O. The van der Waals surface area contributed by atoms with Crippen molar-refractivity contribution in [3.63, 3.8) is 0 Å². The molecular formula is C11H19NO4. The first-order valence-corrected chi connectivity index (χ1v) is 5.82. The number of aliphatic hydroxyl groups excluding tert-OH is 2. The maximum atomic E-state index is 11.8. The Morgan fingerprint density at radius 3 is 2.44 bits per heavy atom. The van der Waals surface area contributed by atoms with Crippen LogP contribution in [-0.2, 0) is 4.79 Å². The molecule has 0 saturated heterocycles. The van der Waals surface area contributed by atoms with E-state index < -0.39 is 23.7 Å². The molecule has 0 spiro atoms. The molecule has 2 aliphatic rings. The van der Waals surface area contributed by atoms with Gasteiger partial charge in [0.05, 0.1) is 12.2 Å². The van der Waals surface area contributed by atoms with E-state index in [0.29, 0.717) is 0 Å². The fourth-order valence-electron chi connectivity index (χ4n) is 2.32. The van der Waals surface area contributed by atoms with Crippen LogP contribution < -0.4 is 5.32 Å². The van der Waals surface area contributed by atoms with Gasteiger partial charge >= 0.3 is 0 Å². The van der Waals surface area contributed by atoms with Crippen LogP contribution in [0.3, 0.4) is 0 Å². The molecular weight excluding hydrogens is 210 g/mol. The zero-order valence-corrected chi connectivity index (χ0v) is 9.39. The standard InChI is InChI=1S/C11H19NO4/c1-6-4-11(16,5-8(13)9(6)14)10(15)12-7-2-3-7/h6-9,13-14,16H,2-5H2,1H3,(H,12,15)/t6?,8-,9-,11?/m1/s1. The van der Waals surface area contributed by atoms with E-state index in [0.717, 1.165) is 12.8 Å². The minimum absolute atomic E-state index is 0.0862. The van der Waals surface area contributed by atoms with Crippen molar-refractivity contribution in [3.05, 3.63) is 0 Å². The monoisotopic (exact) mass is 229 g/mol. The topological polar surface area (TPSA) is 89.8 Å². The van der Waals surface area contributed by atoms with Gasteiger partial charge in [-0.1, -0.05) is 6.92 Å². The summed E-state index contributed by atoms with van der Waals surface area (Å²) in [5, 5.41) is 32.1. The van der Waals surface area contributed by atoms with Crippen molar-refractivity contribution >= 4 is 5.91 Å². The summed E-state index contributed by atoms with van der Waals surface area (Å²) in [4.78, 5) is 11.8. The van der Waals surface area contributed by atoms with Crippen LogP contribution in [0.15, 0.2) is 0 Å². The van der Waals surface area contributed by atoms with Gasteiger partial charge in [-0.2, -0.15) is 0 Å². The Bertz CT molecular complexity index is 278. The molecule has 2 aliphatic carbocycles. The molecule has 2 rings (SSSR count). The molecule has 2 saturated carbocycles. The fourth-order valence-corrected chi connectivity index (χ4v) is 2.32. The van der Waals surface area contributed by atoms with Gasteiger partial charge in [-0.15, -0.1) is 0 Å². The van der Waals surface area contributed by atoms with Gasteiger partial charge in [0.1, 0.15) is 5.60 Å². The summed E-state index contributed by atoms with van der Waals surface area (Å²) in [7, 11) is 0. The Balaban J connectivity index is 2.02. The number of hydrogen-bond acceptors (Lipinski definition) is 4. The van der Waals surface area contributed by atoms with Gasteiger partial charge in [0.15, 0.2) is 0 Å². The van der Waals surface area contributed by atoms with Gasteiger partial charge in [0.2, 0.25) is 0 Å². The van der Waals surface area contributed by atoms with Crippen LogP contribution >= 0.6 is 0 Å². The van der Waals surface area contributed by atoms with Crippen LogP contribution in [0.1, 0.15) is 32.6 Å². The van der Waals surface area contributed by atoms with E-state index in [1.165, 1.54) is 0 Å². The van der Waals surface area contributed by atoms with Crippen molar-refractivity contribution in [2.24, 2.45) is 5.92 Å². The molecule has 0 aromatic heterocycles. The smallest absolute Gasteiger partial charge is 0.252 e. The highest BCUT2D eigenvalue weighted by Gasteiger charge is 2.47. The van der Waals surface area contributed by atoms with Crippen LogP contribution in [-0.4, -0.2) is 45.1 Å². The lowest BCUT2D eigenvalue weighted by Gasteiger charge is -2.40. The molecule has 0 heterocycles. The van der Waals surface area contributed by atoms with E-state index in [2.05, 4.69) is 5.32 Å². The van der Waals surface area contributed by atoms with Gasteiger partial charge in [0.25, 0.3) is 5.91 Å². The third-order valence-corrected chi connectivity index (χ3v) is 3.52. The number of rotatable bonds is 2. The number of nitrogens with one attached hydrogen (secondary N) is 1. The average Bonchev–Trinajstić information content (AvgIpc) is 2.98. The zero-order valence-electron chi connectivity index (χ0n) is 9.39. The van der Waals surface area contributed by atoms with Crippen molar-refractivity contribution in [2.75, 3.05) is 0 Å². The Morgan fingerprint density at radius 1 is 1.31 bits per heavy atom. The molecule has 2 unspecified atom stereocenters. The van der Waals surface area contributed by atoms with Crippen LogP contribution in [0.5, 0.6) is 0 Å².